The summed E-state index contributed by atoms with van der Waals surface area (Å²) in [7, 11) is 3.40. The third-order valence-electron chi connectivity index (χ3n) is 4.87. The topological polar surface area (TPSA) is 36.3 Å². The normalized spacial score (nSPS) is 10.9. The van der Waals surface area contributed by atoms with Crippen LogP contribution in [0, 0.1) is 0 Å². The van der Waals surface area contributed by atoms with E-state index in [1.165, 1.54) is 5.39 Å². The third-order valence-corrected chi connectivity index (χ3v) is 4.87. The lowest BCUT2D eigenvalue weighted by molar-refractivity contribution is 0.415. The lowest BCUT2D eigenvalue weighted by atomic mass is 10.0. The molecule has 27 heavy (non-hydrogen) atoms. The van der Waals surface area contributed by atoms with Gasteiger partial charge < -0.3 is 14.0 Å². The van der Waals surface area contributed by atoms with Crippen molar-refractivity contribution in [3.63, 3.8) is 0 Å². The molecule has 0 aliphatic heterocycles. The minimum Gasteiger partial charge on any atom is -0.497 e. The van der Waals surface area contributed by atoms with Gasteiger partial charge in [0.15, 0.2) is 0 Å². The first-order chi connectivity index (χ1) is 13.2. The minimum atomic E-state index is 0.838. The number of benzene rings is 2. The maximum atomic E-state index is 5.59. The van der Waals surface area contributed by atoms with Crippen LogP contribution in [-0.2, 0) is 6.54 Å². The van der Waals surface area contributed by atoms with Crippen molar-refractivity contribution in [2.24, 2.45) is 0 Å². The summed E-state index contributed by atoms with van der Waals surface area (Å²) in [5, 5.41) is 1.17. The molecule has 0 unspecified atom stereocenters. The molecule has 0 atom stereocenters. The van der Waals surface area contributed by atoms with Gasteiger partial charge in [0.2, 0.25) is 0 Å². The Bertz CT molecular complexity index is 1100. The Kier molecular flexibility index (Phi) is 4.55. The van der Waals surface area contributed by atoms with E-state index in [0.29, 0.717) is 0 Å². The van der Waals surface area contributed by atoms with Crippen LogP contribution >= 0.6 is 0 Å². The molecule has 0 amide bonds. The predicted molar refractivity (Wildman–Crippen MR) is 109 cm³/mol. The number of hydrogen-bond acceptors (Lipinski definition) is 3. The van der Waals surface area contributed by atoms with E-state index in [-0.39, 0.29) is 0 Å². The molecule has 4 rings (SSSR count). The number of aromatic nitrogens is 2. The van der Waals surface area contributed by atoms with Gasteiger partial charge in [-0.1, -0.05) is 24.3 Å². The Hall–Kier alpha value is -3.27. The highest BCUT2D eigenvalue weighted by Crippen LogP contribution is 2.36. The molecule has 2 aromatic carbocycles. The number of aryl methyl sites for hydroxylation is 1. The zero-order valence-corrected chi connectivity index (χ0v) is 15.8. The summed E-state index contributed by atoms with van der Waals surface area (Å²) >= 11 is 0. The van der Waals surface area contributed by atoms with E-state index >= 15 is 0 Å². The van der Waals surface area contributed by atoms with E-state index in [9.17, 15) is 0 Å². The van der Waals surface area contributed by atoms with E-state index < -0.39 is 0 Å². The first-order valence-corrected chi connectivity index (χ1v) is 9.01. The van der Waals surface area contributed by atoms with Gasteiger partial charge in [0.05, 0.1) is 19.7 Å². The van der Waals surface area contributed by atoms with Gasteiger partial charge in [-0.2, -0.15) is 0 Å². The molecule has 0 radical (unpaired) electrons. The highest BCUT2D eigenvalue weighted by Gasteiger charge is 2.14. The summed E-state index contributed by atoms with van der Waals surface area (Å²) < 4.78 is 13.2. The van der Waals surface area contributed by atoms with E-state index in [1.54, 1.807) is 14.2 Å². The van der Waals surface area contributed by atoms with Crippen molar-refractivity contribution in [1.29, 1.82) is 0 Å². The standard InChI is InChI=1S/C23H22N2O2/c1-4-25-15-21(20-9-6-10-22(27-3)23(20)25)18-11-17(13-24-14-18)16-7-5-8-19(12-16)26-2/h5-15H,4H2,1-3H3. The van der Waals surface area contributed by atoms with Gasteiger partial charge in [0, 0.05) is 47.2 Å². The average molecular weight is 358 g/mol. The second kappa shape index (κ2) is 7.16. The van der Waals surface area contributed by atoms with Crippen molar-refractivity contribution in [2.45, 2.75) is 13.5 Å². The molecule has 0 spiro atoms. The van der Waals surface area contributed by atoms with Crippen LogP contribution in [-0.4, -0.2) is 23.8 Å². The fourth-order valence-electron chi connectivity index (χ4n) is 3.52. The Balaban J connectivity index is 1.87. The van der Waals surface area contributed by atoms with Gasteiger partial charge in [-0.05, 0) is 36.8 Å². The van der Waals surface area contributed by atoms with Crippen molar-refractivity contribution in [3.8, 4) is 33.8 Å². The molecule has 2 heterocycles. The Morgan fingerprint density at radius 2 is 1.70 bits per heavy atom. The molecule has 0 bridgehead atoms. The molecular weight excluding hydrogens is 336 g/mol. The van der Waals surface area contributed by atoms with E-state index in [2.05, 4.69) is 40.9 Å². The lowest BCUT2D eigenvalue weighted by Crippen LogP contribution is -1.93. The molecule has 4 aromatic rings. The molecule has 0 aliphatic rings. The summed E-state index contributed by atoms with van der Waals surface area (Å²) in [6.07, 6.45) is 5.98. The maximum Gasteiger partial charge on any atom is 0.143 e. The number of nitrogens with zero attached hydrogens (tertiary/aromatic N) is 2. The number of rotatable bonds is 5. The molecular formula is C23H22N2O2. The van der Waals surface area contributed by atoms with E-state index in [1.807, 2.05) is 42.7 Å². The van der Waals surface area contributed by atoms with Gasteiger partial charge in [-0.25, -0.2) is 0 Å². The number of fused-ring (bicyclic) bond motifs is 1. The van der Waals surface area contributed by atoms with Gasteiger partial charge in [0.1, 0.15) is 11.5 Å². The third kappa shape index (κ3) is 3.04. The first kappa shape index (κ1) is 17.2. The Morgan fingerprint density at radius 3 is 2.48 bits per heavy atom. The zero-order valence-electron chi connectivity index (χ0n) is 15.8. The fourth-order valence-corrected chi connectivity index (χ4v) is 3.52. The van der Waals surface area contributed by atoms with E-state index in [4.69, 9.17) is 9.47 Å². The number of hydrogen-bond donors (Lipinski definition) is 0. The quantitative estimate of drug-likeness (QED) is 0.479. The van der Waals surface area contributed by atoms with Crippen LogP contribution in [0.15, 0.2) is 67.1 Å². The van der Waals surface area contributed by atoms with Crippen molar-refractivity contribution in [2.75, 3.05) is 14.2 Å². The second-order valence-electron chi connectivity index (χ2n) is 6.38. The van der Waals surface area contributed by atoms with E-state index in [0.717, 1.165) is 45.8 Å². The second-order valence-corrected chi connectivity index (χ2v) is 6.38. The largest absolute Gasteiger partial charge is 0.497 e. The average Bonchev–Trinajstić information content (AvgIpc) is 3.13. The molecule has 0 fully saturated rings. The number of methoxy groups -OCH3 is 2. The molecule has 4 nitrogen and oxygen atoms in total. The summed E-state index contributed by atoms with van der Waals surface area (Å²) in [4.78, 5) is 4.50. The van der Waals surface area contributed by atoms with Crippen molar-refractivity contribution >= 4 is 10.9 Å². The predicted octanol–water partition coefficient (Wildman–Crippen LogP) is 5.41. The highest BCUT2D eigenvalue weighted by molar-refractivity contribution is 5.99. The first-order valence-electron chi connectivity index (χ1n) is 9.01. The minimum absolute atomic E-state index is 0.838. The number of para-hydroxylation sites is 1. The lowest BCUT2D eigenvalue weighted by Gasteiger charge is -2.07. The summed E-state index contributed by atoms with van der Waals surface area (Å²) in [5.41, 5.74) is 5.50. The monoisotopic (exact) mass is 358 g/mol. The van der Waals surface area contributed by atoms with Crippen molar-refractivity contribution in [3.05, 3.63) is 67.1 Å². The van der Waals surface area contributed by atoms with Crippen LogP contribution in [0.3, 0.4) is 0 Å². The summed E-state index contributed by atoms with van der Waals surface area (Å²) in [5.74, 6) is 1.72. The zero-order chi connectivity index (χ0) is 18.8. The van der Waals surface area contributed by atoms with Crippen LogP contribution in [0.2, 0.25) is 0 Å². The van der Waals surface area contributed by atoms with Crippen molar-refractivity contribution in [1.82, 2.24) is 9.55 Å². The van der Waals surface area contributed by atoms with Crippen LogP contribution in [0.1, 0.15) is 6.92 Å². The molecule has 4 heteroatoms. The van der Waals surface area contributed by atoms with Crippen LogP contribution in [0.25, 0.3) is 33.2 Å². The molecule has 0 aliphatic carbocycles. The van der Waals surface area contributed by atoms with Gasteiger partial charge >= 0.3 is 0 Å². The van der Waals surface area contributed by atoms with Crippen LogP contribution in [0.5, 0.6) is 11.5 Å². The van der Waals surface area contributed by atoms with Gasteiger partial charge in [0.25, 0.3) is 0 Å². The Morgan fingerprint density at radius 1 is 0.889 bits per heavy atom. The smallest absolute Gasteiger partial charge is 0.143 e. The maximum absolute atomic E-state index is 5.59. The highest BCUT2D eigenvalue weighted by atomic mass is 16.5. The van der Waals surface area contributed by atoms with Gasteiger partial charge in [-0.3, -0.25) is 4.98 Å². The molecule has 2 aromatic heterocycles. The van der Waals surface area contributed by atoms with Crippen LogP contribution < -0.4 is 9.47 Å². The number of pyridine rings is 1. The molecule has 136 valence electrons. The SMILES string of the molecule is CCn1cc(-c2cncc(-c3cccc(OC)c3)c2)c2cccc(OC)c21. The molecule has 0 saturated carbocycles. The van der Waals surface area contributed by atoms with Gasteiger partial charge in [-0.15, -0.1) is 0 Å². The van der Waals surface area contributed by atoms with Crippen LogP contribution in [0.4, 0.5) is 0 Å². The summed E-state index contributed by atoms with van der Waals surface area (Å²) in [6.45, 7) is 3.01. The fraction of sp³-hybridized carbons (Fsp3) is 0.174. The summed E-state index contributed by atoms with van der Waals surface area (Å²) in [6, 6.07) is 16.4. The Labute approximate surface area is 159 Å². The van der Waals surface area contributed by atoms with Crippen molar-refractivity contribution < 1.29 is 9.47 Å². The number of ether oxygens (including phenoxy) is 2. The molecule has 0 N–H and O–H groups in total. The molecule has 0 saturated heterocycles.